The van der Waals surface area contributed by atoms with Gasteiger partial charge in [0.1, 0.15) is 6.04 Å². The van der Waals surface area contributed by atoms with E-state index in [1.54, 1.807) is 33.4 Å². The summed E-state index contributed by atoms with van der Waals surface area (Å²) in [6.45, 7) is 6.28. The summed E-state index contributed by atoms with van der Waals surface area (Å²) in [6.07, 6.45) is 8.03. The van der Waals surface area contributed by atoms with Crippen molar-refractivity contribution >= 4 is 40.9 Å². The molecule has 4 aliphatic rings. The molecule has 4 heterocycles. The van der Waals surface area contributed by atoms with E-state index in [2.05, 4.69) is 0 Å². The van der Waals surface area contributed by atoms with Gasteiger partial charge in [-0.25, -0.2) is 0 Å². The fourth-order valence-electron chi connectivity index (χ4n) is 6.70. The van der Waals surface area contributed by atoms with Gasteiger partial charge in [-0.2, -0.15) is 0 Å². The van der Waals surface area contributed by atoms with Crippen molar-refractivity contribution < 1.29 is 19.5 Å². The number of aliphatic hydroxyl groups excluding tert-OH is 1. The molecular weight excluding hydrogens is 510 g/mol. The van der Waals surface area contributed by atoms with Crippen LogP contribution in [0.5, 0.6) is 0 Å². The number of rotatable bonds is 4. The van der Waals surface area contributed by atoms with Gasteiger partial charge in [0.05, 0.1) is 29.2 Å². The van der Waals surface area contributed by atoms with E-state index in [0.717, 1.165) is 22.5 Å². The summed E-state index contributed by atoms with van der Waals surface area (Å²) in [7, 11) is 0. The van der Waals surface area contributed by atoms with Crippen LogP contribution in [0.1, 0.15) is 18.1 Å². The average molecular weight is 544 g/mol. The lowest BCUT2D eigenvalue weighted by Gasteiger charge is -2.37. The normalized spacial score (nSPS) is 30.7. The van der Waals surface area contributed by atoms with Crippen LogP contribution < -0.4 is 9.80 Å². The number of likely N-dealkylation sites (tertiary alicyclic amines) is 1. The van der Waals surface area contributed by atoms with E-state index < -0.39 is 28.7 Å². The molecule has 202 valence electrons. The molecule has 2 aromatic rings. The Morgan fingerprint density at radius 2 is 1.72 bits per heavy atom. The molecule has 2 saturated heterocycles. The van der Waals surface area contributed by atoms with Crippen LogP contribution in [0.2, 0.25) is 0 Å². The second-order valence-electron chi connectivity index (χ2n) is 11.0. The molecule has 2 fully saturated rings. The molecule has 0 saturated carbocycles. The number of aliphatic hydroxyl groups is 1. The molecule has 1 N–H and O–H groups in total. The first-order valence-electron chi connectivity index (χ1n) is 13.5. The van der Waals surface area contributed by atoms with Gasteiger partial charge in [-0.15, -0.1) is 11.8 Å². The monoisotopic (exact) mass is 543 g/mol. The Morgan fingerprint density at radius 1 is 0.974 bits per heavy atom. The van der Waals surface area contributed by atoms with Crippen LogP contribution >= 0.6 is 11.8 Å². The number of nitrogens with zero attached hydrogens (tertiary/aromatic N) is 3. The van der Waals surface area contributed by atoms with Crippen LogP contribution in [0.15, 0.2) is 72.8 Å². The van der Waals surface area contributed by atoms with Crippen molar-refractivity contribution in [1.29, 1.82) is 0 Å². The largest absolute Gasteiger partial charge is 0.394 e. The van der Waals surface area contributed by atoms with Gasteiger partial charge in [0, 0.05) is 29.7 Å². The first-order valence-corrected chi connectivity index (χ1v) is 14.4. The fraction of sp³-hybridized carbons (Fsp3) is 0.387. The van der Waals surface area contributed by atoms with Gasteiger partial charge in [-0.1, -0.05) is 54.6 Å². The molecule has 6 rings (SSSR count). The Morgan fingerprint density at radius 3 is 2.46 bits per heavy atom. The van der Waals surface area contributed by atoms with Crippen molar-refractivity contribution in [2.75, 3.05) is 29.5 Å². The van der Waals surface area contributed by atoms with Crippen LogP contribution in [-0.2, 0) is 14.4 Å². The number of hydrogen-bond donors (Lipinski definition) is 1. The number of benzene rings is 2. The quantitative estimate of drug-likeness (QED) is 0.598. The highest BCUT2D eigenvalue weighted by atomic mass is 32.2. The van der Waals surface area contributed by atoms with Gasteiger partial charge in [0.2, 0.25) is 11.8 Å². The summed E-state index contributed by atoms with van der Waals surface area (Å²) in [4.78, 5) is 48.1. The standard InChI is InChI=1S/C31H33N3O4S/c1-19-12-13-20(2)23(17-19)33-16-8-14-31-26(29(37)34(21(3)18-35)27(31)30(33)38)25-24(39-31)11-7-15-32(28(25)36)22-9-5-4-6-10-22/h4-14,17,21,24-27,35H,15-16,18H2,1-3H3/t21-,24+,25-,26+,27?,31+/m1/s1. The smallest absolute Gasteiger partial charge is 0.251 e. The number of carbonyl (C=O) groups is 3. The molecular formula is C31H33N3O4S. The Kier molecular flexibility index (Phi) is 6.43. The van der Waals surface area contributed by atoms with Crippen LogP contribution in [0.4, 0.5) is 11.4 Å². The average Bonchev–Trinajstić information content (AvgIpc) is 3.26. The Bertz CT molecular complexity index is 1390. The minimum absolute atomic E-state index is 0.104. The molecule has 39 heavy (non-hydrogen) atoms. The Hall–Kier alpha value is -3.36. The Balaban J connectivity index is 1.47. The van der Waals surface area contributed by atoms with Crippen molar-refractivity contribution in [3.8, 4) is 0 Å². The van der Waals surface area contributed by atoms with Gasteiger partial charge in [-0.3, -0.25) is 14.4 Å². The summed E-state index contributed by atoms with van der Waals surface area (Å²) in [5.74, 6) is -1.85. The number of amides is 3. The molecule has 8 heteroatoms. The molecule has 0 aliphatic carbocycles. The van der Waals surface area contributed by atoms with Gasteiger partial charge < -0.3 is 19.8 Å². The highest BCUT2D eigenvalue weighted by Crippen LogP contribution is 2.61. The van der Waals surface area contributed by atoms with E-state index in [9.17, 15) is 19.5 Å². The number of fused-ring (bicyclic) bond motifs is 2. The minimum atomic E-state index is -0.918. The lowest BCUT2D eigenvalue weighted by Crippen LogP contribution is -2.56. The SMILES string of the molecule is Cc1ccc(C)c(N2CC=C[C@]34S[C@H]5C=CCN(c6ccccc6)C(=O)[C@H]5[C@H]3C(=O)N([C@H](C)CO)C4C2=O)c1. The van der Waals surface area contributed by atoms with Crippen LogP contribution in [0.3, 0.4) is 0 Å². The second kappa shape index (κ2) is 9.68. The van der Waals surface area contributed by atoms with Crippen LogP contribution in [0, 0.1) is 25.7 Å². The van der Waals surface area contributed by atoms with Crippen LogP contribution in [0.25, 0.3) is 0 Å². The van der Waals surface area contributed by atoms with E-state index in [4.69, 9.17) is 0 Å². The minimum Gasteiger partial charge on any atom is -0.394 e. The summed E-state index contributed by atoms with van der Waals surface area (Å²) < 4.78 is -0.918. The molecule has 7 nitrogen and oxygen atoms in total. The maximum absolute atomic E-state index is 14.5. The fourth-order valence-corrected chi connectivity index (χ4v) is 8.70. The van der Waals surface area contributed by atoms with E-state index in [1.807, 2.05) is 86.7 Å². The number of anilines is 2. The van der Waals surface area contributed by atoms with E-state index in [1.165, 1.54) is 0 Å². The first kappa shape index (κ1) is 25.9. The lowest BCUT2D eigenvalue weighted by atomic mass is 9.78. The molecule has 0 radical (unpaired) electrons. The van der Waals surface area contributed by atoms with Gasteiger partial charge in [-0.05, 0) is 50.1 Å². The Labute approximate surface area is 233 Å². The molecule has 0 bridgehead atoms. The molecule has 2 aromatic carbocycles. The topological polar surface area (TPSA) is 81.2 Å². The third-order valence-corrected chi connectivity index (χ3v) is 10.3. The van der Waals surface area contributed by atoms with Crippen molar-refractivity contribution in [2.45, 2.75) is 42.9 Å². The summed E-state index contributed by atoms with van der Waals surface area (Å²) >= 11 is 1.56. The van der Waals surface area contributed by atoms with Crippen LogP contribution in [-0.4, -0.2) is 69.5 Å². The first-order chi connectivity index (χ1) is 18.8. The maximum Gasteiger partial charge on any atom is 0.251 e. The maximum atomic E-state index is 14.5. The third kappa shape index (κ3) is 3.87. The molecule has 1 unspecified atom stereocenters. The predicted octanol–water partition coefficient (Wildman–Crippen LogP) is 3.49. The summed E-state index contributed by atoms with van der Waals surface area (Å²) in [6, 6.07) is 14.1. The number of thioether (sulfide) groups is 1. The molecule has 3 amide bonds. The van der Waals surface area contributed by atoms with E-state index >= 15 is 0 Å². The van der Waals surface area contributed by atoms with Gasteiger partial charge >= 0.3 is 0 Å². The molecule has 6 atom stereocenters. The zero-order chi connectivity index (χ0) is 27.5. The van der Waals surface area contributed by atoms with E-state index in [0.29, 0.717) is 13.1 Å². The highest BCUT2D eigenvalue weighted by molar-refractivity contribution is 8.02. The highest BCUT2D eigenvalue weighted by Gasteiger charge is 2.71. The zero-order valence-corrected chi connectivity index (χ0v) is 23.2. The number of hydrogen-bond acceptors (Lipinski definition) is 5. The predicted molar refractivity (Wildman–Crippen MR) is 154 cm³/mol. The molecule has 1 spiro atoms. The van der Waals surface area contributed by atoms with Gasteiger partial charge in [0.25, 0.3) is 5.91 Å². The zero-order valence-electron chi connectivity index (χ0n) is 22.4. The summed E-state index contributed by atoms with van der Waals surface area (Å²) in [5.41, 5.74) is 3.62. The van der Waals surface area contributed by atoms with Crippen molar-refractivity contribution in [3.05, 3.63) is 84.0 Å². The number of para-hydroxylation sites is 1. The summed E-state index contributed by atoms with van der Waals surface area (Å²) in [5, 5.41) is 9.94. The number of carbonyl (C=O) groups excluding carboxylic acids is 3. The molecule has 4 aliphatic heterocycles. The second-order valence-corrected chi connectivity index (χ2v) is 12.5. The third-order valence-electron chi connectivity index (χ3n) is 8.56. The lowest BCUT2D eigenvalue weighted by molar-refractivity contribution is -0.141. The van der Waals surface area contributed by atoms with E-state index in [-0.39, 0.29) is 29.6 Å². The molecule has 0 aromatic heterocycles. The van der Waals surface area contributed by atoms with Gasteiger partial charge in [0.15, 0.2) is 0 Å². The van der Waals surface area contributed by atoms with Crippen molar-refractivity contribution in [1.82, 2.24) is 4.90 Å². The van der Waals surface area contributed by atoms with Crippen molar-refractivity contribution in [3.63, 3.8) is 0 Å². The number of aryl methyl sites for hydroxylation is 2. The van der Waals surface area contributed by atoms with Crippen molar-refractivity contribution in [2.24, 2.45) is 11.8 Å².